The van der Waals surface area contributed by atoms with Crippen molar-refractivity contribution >= 4 is 41.5 Å². The molecular weight excluding hydrogens is 485 g/mol. The Morgan fingerprint density at radius 3 is 3.03 bits per heavy atom. The van der Waals surface area contributed by atoms with Crippen LogP contribution in [0.3, 0.4) is 0 Å². The van der Waals surface area contributed by atoms with Crippen LogP contribution in [-0.2, 0) is 24.3 Å². The lowest BCUT2D eigenvalue weighted by atomic mass is 10.2. The predicted octanol–water partition coefficient (Wildman–Crippen LogP) is 1.32. The molecule has 1 amide bonds. The molecule has 10 heteroatoms. The summed E-state index contributed by atoms with van der Waals surface area (Å²) in [6.07, 6.45) is 2.53. The van der Waals surface area contributed by atoms with Crippen molar-refractivity contribution in [1.82, 2.24) is 25.4 Å². The summed E-state index contributed by atoms with van der Waals surface area (Å²) in [5.41, 5.74) is 0.843. The van der Waals surface area contributed by atoms with Crippen LogP contribution >= 0.6 is 24.0 Å². The number of methoxy groups -OCH3 is 1. The Morgan fingerprint density at radius 2 is 2.24 bits per heavy atom. The van der Waals surface area contributed by atoms with Crippen molar-refractivity contribution in [1.29, 1.82) is 0 Å². The largest absolute Gasteiger partial charge is 0.497 e. The van der Waals surface area contributed by atoms with Crippen LogP contribution in [0, 0.1) is 0 Å². The maximum Gasteiger partial charge on any atom is 0.229 e. The van der Waals surface area contributed by atoms with Crippen LogP contribution in [-0.4, -0.2) is 53.4 Å². The molecule has 2 aliphatic heterocycles. The van der Waals surface area contributed by atoms with E-state index in [-0.39, 0.29) is 35.9 Å². The van der Waals surface area contributed by atoms with Crippen molar-refractivity contribution in [2.75, 3.05) is 25.6 Å². The van der Waals surface area contributed by atoms with Crippen molar-refractivity contribution in [3.63, 3.8) is 0 Å². The van der Waals surface area contributed by atoms with Crippen molar-refractivity contribution in [3.8, 4) is 5.75 Å². The Hall–Kier alpha value is -2.37. The third-order valence-corrected chi connectivity index (χ3v) is 5.15. The summed E-state index contributed by atoms with van der Waals surface area (Å²) in [4.78, 5) is 18.5. The van der Waals surface area contributed by atoms with Crippen LogP contribution in [0.15, 0.2) is 29.3 Å². The van der Waals surface area contributed by atoms with E-state index in [0.29, 0.717) is 25.5 Å². The average Bonchev–Trinajstić information content (AvgIpc) is 3.41. The third kappa shape index (κ3) is 4.62. The summed E-state index contributed by atoms with van der Waals surface area (Å²) in [6.45, 7) is 2.10. The molecule has 2 aliphatic rings. The number of aliphatic imine (C=N–C) groups is 1. The lowest BCUT2D eigenvalue weighted by Gasteiger charge is -2.19. The molecule has 0 saturated carbocycles. The SMILES string of the molecule is CN=C(NCc1nnc2n1CCC2)NC1CC(=O)N(c2cccc(OC)c2)C1.I. The minimum atomic E-state index is -0.0194. The topological polar surface area (TPSA) is 96.7 Å². The number of nitrogens with zero attached hydrogens (tertiary/aromatic N) is 5. The van der Waals surface area contributed by atoms with Crippen LogP contribution < -0.4 is 20.3 Å². The van der Waals surface area contributed by atoms with Crippen LogP contribution in [0.2, 0.25) is 0 Å². The molecule has 1 aromatic carbocycles. The molecule has 2 aromatic rings. The number of ether oxygens (including phenoxy) is 1. The number of aryl methyl sites for hydroxylation is 1. The standard InChI is InChI=1S/C19H25N7O2.HI/c1-20-19(21-11-17-24-23-16-7-4-8-25(16)17)22-13-9-18(27)26(12-13)14-5-3-6-15(10-14)28-2;/h3,5-6,10,13H,4,7-9,11-12H2,1-2H3,(H2,20,21,22);1H. The van der Waals surface area contributed by atoms with Gasteiger partial charge in [0.25, 0.3) is 0 Å². The van der Waals surface area contributed by atoms with Crippen molar-refractivity contribution in [2.45, 2.75) is 38.4 Å². The van der Waals surface area contributed by atoms with Crippen LogP contribution in [0.1, 0.15) is 24.5 Å². The lowest BCUT2D eigenvalue weighted by molar-refractivity contribution is -0.117. The van der Waals surface area contributed by atoms with Gasteiger partial charge in [0.15, 0.2) is 11.8 Å². The molecule has 1 unspecified atom stereocenters. The minimum Gasteiger partial charge on any atom is -0.497 e. The maximum atomic E-state index is 12.5. The number of hydrogen-bond acceptors (Lipinski definition) is 5. The van der Waals surface area contributed by atoms with E-state index < -0.39 is 0 Å². The van der Waals surface area contributed by atoms with E-state index in [1.165, 1.54) is 0 Å². The third-order valence-electron chi connectivity index (χ3n) is 5.15. The van der Waals surface area contributed by atoms with Gasteiger partial charge < -0.3 is 24.8 Å². The van der Waals surface area contributed by atoms with Gasteiger partial charge in [0.05, 0.1) is 19.7 Å². The lowest BCUT2D eigenvalue weighted by Crippen LogP contribution is -2.44. The van der Waals surface area contributed by atoms with Gasteiger partial charge in [0.2, 0.25) is 5.91 Å². The predicted molar refractivity (Wildman–Crippen MR) is 121 cm³/mol. The Morgan fingerprint density at radius 1 is 1.38 bits per heavy atom. The van der Waals surface area contributed by atoms with Crippen LogP contribution in [0.4, 0.5) is 5.69 Å². The summed E-state index contributed by atoms with van der Waals surface area (Å²) in [6, 6.07) is 7.53. The molecule has 0 aliphatic carbocycles. The number of hydrogen-bond donors (Lipinski definition) is 2. The molecule has 2 N–H and O–H groups in total. The van der Waals surface area contributed by atoms with Crippen molar-refractivity contribution in [2.24, 2.45) is 4.99 Å². The van der Waals surface area contributed by atoms with Gasteiger partial charge in [-0.05, 0) is 18.6 Å². The molecule has 1 fully saturated rings. The Labute approximate surface area is 186 Å². The quantitative estimate of drug-likeness (QED) is 0.357. The molecule has 3 heterocycles. The molecule has 1 atom stereocenters. The fourth-order valence-electron chi connectivity index (χ4n) is 3.72. The number of nitrogens with one attached hydrogen (secondary N) is 2. The second-order valence-electron chi connectivity index (χ2n) is 6.96. The van der Waals surface area contributed by atoms with Gasteiger partial charge in [0.1, 0.15) is 11.6 Å². The normalized spacial score (nSPS) is 18.4. The Bertz CT molecular complexity index is 898. The second-order valence-corrected chi connectivity index (χ2v) is 6.96. The van der Waals surface area contributed by atoms with E-state index in [1.54, 1.807) is 19.1 Å². The molecule has 1 saturated heterocycles. The number of aromatic nitrogens is 3. The summed E-state index contributed by atoms with van der Waals surface area (Å²) in [5.74, 6) is 3.43. The van der Waals surface area contributed by atoms with Gasteiger partial charge in [-0.3, -0.25) is 9.79 Å². The molecule has 0 bridgehead atoms. The first-order valence-corrected chi connectivity index (χ1v) is 9.50. The van der Waals surface area contributed by atoms with Gasteiger partial charge >= 0.3 is 0 Å². The van der Waals surface area contributed by atoms with Gasteiger partial charge in [-0.1, -0.05) is 6.07 Å². The highest BCUT2D eigenvalue weighted by Crippen LogP contribution is 2.25. The van der Waals surface area contributed by atoms with E-state index in [4.69, 9.17) is 4.74 Å². The first kappa shape index (κ1) is 21.3. The summed E-state index contributed by atoms with van der Waals surface area (Å²) in [7, 11) is 3.34. The highest BCUT2D eigenvalue weighted by Gasteiger charge is 2.31. The Balaban J connectivity index is 0.00000240. The number of benzene rings is 1. The minimum absolute atomic E-state index is 0. The summed E-state index contributed by atoms with van der Waals surface area (Å²) < 4.78 is 7.42. The monoisotopic (exact) mass is 511 g/mol. The molecule has 0 radical (unpaired) electrons. The van der Waals surface area contributed by atoms with E-state index in [9.17, 15) is 4.79 Å². The highest BCUT2D eigenvalue weighted by molar-refractivity contribution is 14.0. The molecule has 4 rings (SSSR count). The average molecular weight is 511 g/mol. The second kappa shape index (κ2) is 9.42. The first-order valence-electron chi connectivity index (χ1n) is 9.50. The first-order chi connectivity index (χ1) is 13.7. The van der Waals surface area contributed by atoms with Crippen molar-refractivity contribution in [3.05, 3.63) is 35.9 Å². The number of guanidine groups is 1. The number of rotatable bonds is 5. The maximum absolute atomic E-state index is 12.5. The fraction of sp³-hybridized carbons (Fsp3) is 0.474. The van der Waals surface area contributed by atoms with Crippen LogP contribution in [0.25, 0.3) is 0 Å². The van der Waals surface area contributed by atoms with Crippen molar-refractivity contribution < 1.29 is 9.53 Å². The zero-order valence-corrected chi connectivity index (χ0v) is 18.9. The van der Waals surface area contributed by atoms with Crippen LogP contribution in [0.5, 0.6) is 5.75 Å². The molecule has 29 heavy (non-hydrogen) atoms. The van der Waals surface area contributed by atoms with E-state index in [0.717, 1.165) is 42.5 Å². The van der Waals surface area contributed by atoms with E-state index in [2.05, 4.69) is 30.4 Å². The number of anilines is 1. The number of amides is 1. The molecule has 9 nitrogen and oxygen atoms in total. The van der Waals surface area contributed by atoms with Gasteiger partial charge in [-0.2, -0.15) is 0 Å². The van der Waals surface area contributed by atoms with Gasteiger partial charge in [0, 0.05) is 44.7 Å². The fourth-order valence-corrected chi connectivity index (χ4v) is 3.72. The molecular formula is C19H26IN7O2. The van der Waals surface area contributed by atoms with Gasteiger partial charge in [-0.25, -0.2) is 0 Å². The summed E-state index contributed by atoms with van der Waals surface area (Å²) in [5, 5.41) is 15.1. The number of carbonyl (C=O) groups excluding carboxylic acids is 1. The zero-order valence-electron chi connectivity index (χ0n) is 16.6. The molecule has 1 aromatic heterocycles. The van der Waals surface area contributed by atoms with E-state index >= 15 is 0 Å². The molecule has 0 spiro atoms. The number of halogens is 1. The van der Waals surface area contributed by atoms with E-state index in [1.807, 2.05) is 24.3 Å². The van der Waals surface area contributed by atoms with Gasteiger partial charge in [-0.15, -0.1) is 34.2 Å². The molecule has 156 valence electrons. The smallest absolute Gasteiger partial charge is 0.229 e. The Kier molecular flexibility index (Phi) is 6.93. The highest BCUT2D eigenvalue weighted by atomic mass is 127. The number of fused-ring (bicyclic) bond motifs is 1. The summed E-state index contributed by atoms with van der Waals surface area (Å²) >= 11 is 0. The number of carbonyl (C=O) groups is 1. The zero-order chi connectivity index (χ0) is 19.5.